The van der Waals surface area contributed by atoms with Gasteiger partial charge in [0.2, 0.25) is 5.91 Å². The molecule has 1 N–H and O–H groups in total. The van der Waals surface area contributed by atoms with Crippen molar-refractivity contribution in [2.75, 3.05) is 14.1 Å². The first-order valence-electron chi connectivity index (χ1n) is 5.07. The number of nitrogens with one attached hydrogen (secondary N) is 1. The molecule has 1 saturated carbocycles. The number of carbonyl (C=O) groups excluding carboxylic acids is 1. The summed E-state index contributed by atoms with van der Waals surface area (Å²) in [7, 11) is 3.89. The van der Waals surface area contributed by atoms with E-state index in [4.69, 9.17) is 0 Å². The van der Waals surface area contributed by atoms with Gasteiger partial charge >= 0.3 is 0 Å². The van der Waals surface area contributed by atoms with Crippen molar-refractivity contribution >= 4 is 5.91 Å². The van der Waals surface area contributed by atoms with E-state index >= 15 is 0 Å². The third-order valence-corrected chi connectivity index (χ3v) is 3.09. The van der Waals surface area contributed by atoms with Crippen molar-refractivity contribution in [2.24, 2.45) is 0 Å². The predicted molar refractivity (Wildman–Crippen MR) is 53.5 cm³/mol. The standard InChI is InChI=1S/C10H20N2O/c1-8(13)12(3)10-7-5-4-6-9(10)11-2/h9-11H,4-7H2,1-3H3/t9-,10-/m1/s1. The van der Waals surface area contributed by atoms with Crippen molar-refractivity contribution in [1.82, 2.24) is 10.2 Å². The SMILES string of the molecule is CN[C@@H]1CCCC[C@H]1N(C)C(C)=O. The number of rotatable bonds is 2. The minimum atomic E-state index is 0.173. The molecule has 0 bridgehead atoms. The first kappa shape index (κ1) is 10.5. The summed E-state index contributed by atoms with van der Waals surface area (Å²) in [4.78, 5) is 13.1. The molecule has 0 aromatic heterocycles. The highest BCUT2D eigenvalue weighted by Gasteiger charge is 2.27. The first-order chi connectivity index (χ1) is 6.16. The van der Waals surface area contributed by atoms with E-state index < -0.39 is 0 Å². The molecule has 0 spiro atoms. The van der Waals surface area contributed by atoms with Crippen molar-refractivity contribution in [2.45, 2.75) is 44.7 Å². The molecule has 0 unspecified atom stereocenters. The third kappa shape index (κ3) is 2.44. The van der Waals surface area contributed by atoms with Crippen LogP contribution in [0.2, 0.25) is 0 Å². The number of nitrogens with zero attached hydrogens (tertiary/aromatic N) is 1. The second-order valence-corrected chi connectivity index (χ2v) is 3.88. The minimum absolute atomic E-state index is 0.173. The van der Waals surface area contributed by atoms with Crippen LogP contribution in [0.1, 0.15) is 32.6 Å². The van der Waals surface area contributed by atoms with Crippen LogP contribution in [-0.4, -0.2) is 37.0 Å². The highest BCUT2D eigenvalue weighted by molar-refractivity contribution is 5.73. The van der Waals surface area contributed by atoms with Crippen molar-refractivity contribution in [3.63, 3.8) is 0 Å². The normalized spacial score (nSPS) is 28.5. The predicted octanol–water partition coefficient (Wildman–Crippen LogP) is 0.995. The molecule has 76 valence electrons. The summed E-state index contributed by atoms with van der Waals surface area (Å²) in [6.07, 6.45) is 4.87. The fraction of sp³-hybridized carbons (Fsp3) is 0.900. The molecule has 0 aromatic carbocycles. The number of carbonyl (C=O) groups is 1. The first-order valence-corrected chi connectivity index (χ1v) is 5.07. The molecule has 1 amide bonds. The molecule has 1 rings (SSSR count). The van der Waals surface area contributed by atoms with Crippen LogP contribution in [0.15, 0.2) is 0 Å². The molecule has 0 aliphatic heterocycles. The molecule has 0 heterocycles. The van der Waals surface area contributed by atoms with Crippen LogP contribution in [-0.2, 0) is 4.79 Å². The maximum Gasteiger partial charge on any atom is 0.219 e. The zero-order chi connectivity index (χ0) is 9.84. The van der Waals surface area contributed by atoms with Gasteiger partial charge in [-0.2, -0.15) is 0 Å². The molecule has 13 heavy (non-hydrogen) atoms. The second kappa shape index (κ2) is 4.61. The summed E-state index contributed by atoms with van der Waals surface area (Å²) < 4.78 is 0. The smallest absolute Gasteiger partial charge is 0.219 e. The van der Waals surface area contributed by atoms with Crippen molar-refractivity contribution < 1.29 is 4.79 Å². The Morgan fingerprint density at radius 1 is 1.38 bits per heavy atom. The average molecular weight is 184 g/mol. The van der Waals surface area contributed by atoms with E-state index in [1.165, 1.54) is 19.3 Å². The maximum absolute atomic E-state index is 11.2. The summed E-state index contributed by atoms with van der Waals surface area (Å²) in [5.74, 6) is 0.173. The van der Waals surface area contributed by atoms with Crippen LogP contribution in [0.3, 0.4) is 0 Å². The van der Waals surface area contributed by atoms with Gasteiger partial charge in [0.25, 0.3) is 0 Å². The maximum atomic E-state index is 11.2. The van der Waals surface area contributed by atoms with Gasteiger partial charge < -0.3 is 10.2 Å². The summed E-state index contributed by atoms with van der Waals surface area (Å²) in [6.45, 7) is 1.64. The van der Waals surface area contributed by atoms with Crippen LogP contribution >= 0.6 is 0 Å². The molecule has 3 nitrogen and oxygen atoms in total. The van der Waals surface area contributed by atoms with E-state index in [1.807, 2.05) is 19.0 Å². The van der Waals surface area contributed by atoms with Crippen LogP contribution in [0, 0.1) is 0 Å². The van der Waals surface area contributed by atoms with E-state index in [-0.39, 0.29) is 5.91 Å². The lowest BCUT2D eigenvalue weighted by Crippen LogP contribution is -2.50. The Morgan fingerprint density at radius 3 is 2.54 bits per heavy atom. The fourth-order valence-electron chi connectivity index (χ4n) is 2.15. The van der Waals surface area contributed by atoms with Crippen LogP contribution in [0.4, 0.5) is 0 Å². The average Bonchev–Trinajstić information content (AvgIpc) is 2.16. The van der Waals surface area contributed by atoms with E-state index in [2.05, 4.69) is 5.32 Å². The molecular weight excluding hydrogens is 164 g/mol. The Morgan fingerprint density at radius 2 is 2.00 bits per heavy atom. The molecule has 1 aliphatic rings. The van der Waals surface area contributed by atoms with Gasteiger partial charge in [0, 0.05) is 26.1 Å². The lowest BCUT2D eigenvalue weighted by Gasteiger charge is -2.37. The molecule has 2 atom stereocenters. The van der Waals surface area contributed by atoms with Gasteiger partial charge in [0.1, 0.15) is 0 Å². The van der Waals surface area contributed by atoms with Crippen molar-refractivity contribution in [3.05, 3.63) is 0 Å². The molecule has 1 fully saturated rings. The van der Waals surface area contributed by atoms with Gasteiger partial charge in [0.15, 0.2) is 0 Å². The lowest BCUT2D eigenvalue weighted by molar-refractivity contribution is -0.130. The number of amides is 1. The molecule has 1 aliphatic carbocycles. The van der Waals surface area contributed by atoms with Crippen LogP contribution in [0.5, 0.6) is 0 Å². The van der Waals surface area contributed by atoms with E-state index in [0.717, 1.165) is 6.42 Å². The van der Waals surface area contributed by atoms with Crippen molar-refractivity contribution in [3.8, 4) is 0 Å². The van der Waals surface area contributed by atoms with Crippen molar-refractivity contribution in [1.29, 1.82) is 0 Å². The van der Waals surface area contributed by atoms with Crippen LogP contribution < -0.4 is 5.32 Å². The summed E-state index contributed by atoms with van der Waals surface area (Å²) in [5.41, 5.74) is 0. The van der Waals surface area contributed by atoms with Gasteiger partial charge in [-0.25, -0.2) is 0 Å². The second-order valence-electron chi connectivity index (χ2n) is 3.88. The molecule has 3 heteroatoms. The Kier molecular flexibility index (Phi) is 3.72. The van der Waals surface area contributed by atoms with Gasteiger partial charge in [0.05, 0.1) is 0 Å². The van der Waals surface area contributed by atoms with E-state index in [1.54, 1.807) is 6.92 Å². The molecule has 0 saturated heterocycles. The number of likely N-dealkylation sites (N-methyl/N-ethyl adjacent to an activating group) is 2. The third-order valence-electron chi connectivity index (χ3n) is 3.09. The quantitative estimate of drug-likeness (QED) is 0.694. The summed E-state index contributed by atoms with van der Waals surface area (Å²) in [6, 6.07) is 0.888. The Hall–Kier alpha value is -0.570. The zero-order valence-corrected chi connectivity index (χ0v) is 8.84. The van der Waals surface area contributed by atoms with Gasteiger partial charge in [-0.3, -0.25) is 4.79 Å². The minimum Gasteiger partial charge on any atom is -0.341 e. The van der Waals surface area contributed by atoms with E-state index in [9.17, 15) is 4.79 Å². The monoisotopic (exact) mass is 184 g/mol. The number of hydrogen-bond donors (Lipinski definition) is 1. The Labute approximate surface area is 80.5 Å². The van der Waals surface area contributed by atoms with Gasteiger partial charge in [-0.15, -0.1) is 0 Å². The Balaban J connectivity index is 2.58. The zero-order valence-electron chi connectivity index (χ0n) is 8.84. The summed E-state index contributed by atoms with van der Waals surface area (Å²) >= 11 is 0. The molecule has 0 aromatic rings. The van der Waals surface area contributed by atoms with Gasteiger partial charge in [-0.1, -0.05) is 12.8 Å². The lowest BCUT2D eigenvalue weighted by atomic mass is 9.89. The van der Waals surface area contributed by atoms with Crippen LogP contribution in [0.25, 0.3) is 0 Å². The largest absolute Gasteiger partial charge is 0.341 e. The highest BCUT2D eigenvalue weighted by Crippen LogP contribution is 2.22. The molecule has 0 radical (unpaired) electrons. The fourth-order valence-corrected chi connectivity index (χ4v) is 2.15. The highest BCUT2D eigenvalue weighted by atomic mass is 16.2. The molecular formula is C10H20N2O. The van der Waals surface area contributed by atoms with Gasteiger partial charge in [-0.05, 0) is 19.9 Å². The summed E-state index contributed by atoms with van der Waals surface area (Å²) in [5, 5.41) is 3.30. The Bertz CT molecular complexity index is 182. The number of hydrogen-bond acceptors (Lipinski definition) is 2. The topological polar surface area (TPSA) is 32.3 Å². The van der Waals surface area contributed by atoms with E-state index in [0.29, 0.717) is 12.1 Å².